The van der Waals surface area contributed by atoms with Crippen LogP contribution in [0.15, 0.2) is 53.1 Å². The van der Waals surface area contributed by atoms with Gasteiger partial charge in [0.25, 0.3) is 5.89 Å². The van der Waals surface area contributed by atoms with Gasteiger partial charge >= 0.3 is 0 Å². The maximum Gasteiger partial charge on any atom is 0.258 e. The van der Waals surface area contributed by atoms with Gasteiger partial charge in [-0.2, -0.15) is 4.98 Å². The Labute approximate surface area is 121 Å². The van der Waals surface area contributed by atoms with Crippen molar-refractivity contribution in [1.82, 2.24) is 10.1 Å². The Morgan fingerprint density at radius 2 is 1.50 bits per heavy atom. The molecular formula is C14H12ClN3O2. The van der Waals surface area contributed by atoms with E-state index < -0.39 is 0 Å². The molecule has 0 saturated carbocycles. The highest BCUT2D eigenvalue weighted by Gasteiger charge is 2.10. The molecule has 1 aromatic heterocycles. The second kappa shape index (κ2) is 5.63. The van der Waals surface area contributed by atoms with Crippen LogP contribution in [0.4, 0.5) is 5.69 Å². The third-order valence-electron chi connectivity index (χ3n) is 2.71. The summed E-state index contributed by atoms with van der Waals surface area (Å²) in [7, 11) is 0. The van der Waals surface area contributed by atoms with E-state index in [4.69, 9.17) is 10.3 Å². The third kappa shape index (κ3) is 2.73. The van der Waals surface area contributed by atoms with E-state index >= 15 is 0 Å². The molecule has 2 aromatic carbocycles. The molecule has 3 aromatic rings. The molecule has 0 fully saturated rings. The number of rotatable bonds is 2. The van der Waals surface area contributed by atoms with Gasteiger partial charge in [0.05, 0.1) is 0 Å². The van der Waals surface area contributed by atoms with Gasteiger partial charge in [0.15, 0.2) is 0 Å². The molecule has 20 heavy (non-hydrogen) atoms. The van der Waals surface area contributed by atoms with Crippen molar-refractivity contribution in [2.45, 2.75) is 0 Å². The molecular weight excluding hydrogens is 278 g/mol. The number of nitrogen functional groups attached to an aromatic ring is 1. The van der Waals surface area contributed by atoms with Gasteiger partial charge in [0.2, 0.25) is 5.82 Å². The molecule has 0 bridgehead atoms. The minimum absolute atomic E-state index is 0. The van der Waals surface area contributed by atoms with Crippen LogP contribution in [0.25, 0.3) is 22.8 Å². The summed E-state index contributed by atoms with van der Waals surface area (Å²) in [5.41, 5.74) is 7.91. The van der Waals surface area contributed by atoms with E-state index in [2.05, 4.69) is 10.1 Å². The van der Waals surface area contributed by atoms with Gasteiger partial charge in [-0.05, 0) is 48.5 Å². The summed E-state index contributed by atoms with van der Waals surface area (Å²) in [6, 6.07) is 13.8. The van der Waals surface area contributed by atoms with Crippen molar-refractivity contribution in [3.8, 4) is 28.6 Å². The third-order valence-corrected chi connectivity index (χ3v) is 2.71. The number of nitrogens with two attached hydrogens (primary N) is 1. The Morgan fingerprint density at radius 1 is 0.900 bits per heavy atom. The summed E-state index contributed by atoms with van der Waals surface area (Å²) in [6.07, 6.45) is 0. The highest BCUT2D eigenvalue weighted by molar-refractivity contribution is 5.85. The molecule has 6 heteroatoms. The molecule has 102 valence electrons. The van der Waals surface area contributed by atoms with Crippen molar-refractivity contribution in [3.63, 3.8) is 0 Å². The van der Waals surface area contributed by atoms with Crippen LogP contribution >= 0.6 is 12.4 Å². The number of aromatic nitrogens is 2. The highest BCUT2D eigenvalue weighted by Crippen LogP contribution is 2.24. The summed E-state index contributed by atoms with van der Waals surface area (Å²) < 4.78 is 5.20. The first-order valence-corrected chi connectivity index (χ1v) is 5.71. The number of phenolic OH excluding ortho intramolecular Hbond substituents is 1. The maximum atomic E-state index is 9.23. The van der Waals surface area contributed by atoms with Gasteiger partial charge < -0.3 is 15.4 Å². The fraction of sp³-hybridized carbons (Fsp3) is 0. The number of hydrogen-bond donors (Lipinski definition) is 2. The summed E-state index contributed by atoms with van der Waals surface area (Å²) in [6.45, 7) is 0. The number of hydrogen-bond acceptors (Lipinski definition) is 5. The van der Waals surface area contributed by atoms with E-state index in [1.807, 2.05) is 12.1 Å². The Hall–Kier alpha value is -2.53. The fourth-order valence-electron chi connectivity index (χ4n) is 1.69. The van der Waals surface area contributed by atoms with Crippen LogP contribution in [-0.4, -0.2) is 15.2 Å². The van der Waals surface area contributed by atoms with E-state index in [1.54, 1.807) is 36.4 Å². The molecule has 5 nitrogen and oxygen atoms in total. The summed E-state index contributed by atoms with van der Waals surface area (Å²) >= 11 is 0. The van der Waals surface area contributed by atoms with Crippen molar-refractivity contribution in [2.24, 2.45) is 0 Å². The molecule has 3 rings (SSSR count). The van der Waals surface area contributed by atoms with Gasteiger partial charge in [0, 0.05) is 16.8 Å². The monoisotopic (exact) mass is 289 g/mol. The minimum atomic E-state index is 0. The number of anilines is 1. The number of halogens is 1. The maximum absolute atomic E-state index is 9.23. The fourth-order valence-corrected chi connectivity index (χ4v) is 1.69. The average Bonchev–Trinajstić information content (AvgIpc) is 2.90. The molecule has 0 aliphatic rings. The zero-order chi connectivity index (χ0) is 13.2. The average molecular weight is 290 g/mol. The number of benzene rings is 2. The number of aromatic hydroxyl groups is 1. The lowest BCUT2D eigenvalue weighted by molar-refractivity contribution is 0.432. The van der Waals surface area contributed by atoms with Crippen LogP contribution in [0.2, 0.25) is 0 Å². The second-order valence-corrected chi connectivity index (χ2v) is 4.09. The van der Waals surface area contributed by atoms with Gasteiger partial charge in [-0.25, -0.2) is 0 Å². The van der Waals surface area contributed by atoms with Crippen molar-refractivity contribution in [1.29, 1.82) is 0 Å². The van der Waals surface area contributed by atoms with E-state index in [1.165, 1.54) is 0 Å². The van der Waals surface area contributed by atoms with Gasteiger partial charge in [-0.15, -0.1) is 12.4 Å². The summed E-state index contributed by atoms with van der Waals surface area (Å²) in [5.74, 6) is 1.11. The standard InChI is InChI=1S/C14H11N3O2.ClH/c15-11-5-1-9(2-6-11)13-16-14(19-17-13)10-3-7-12(18)8-4-10;/h1-8,18H,15H2;1H. The molecule has 0 aliphatic carbocycles. The highest BCUT2D eigenvalue weighted by atomic mass is 35.5. The Kier molecular flexibility index (Phi) is 3.91. The molecule has 0 amide bonds. The molecule has 0 saturated heterocycles. The molecule has 0 radical (unpaired) electrons. The largest absolute Gasteiger partial charge is 0.508 e. The number of nitrogens with zero attached hydrogens (tertiary/aromatic N) is 2. The Bertz CT molecular complexity index is 633. The zero-order valence-corrected chi connectivity index (χ0v) is 11.2. The first-order valence-electron chi connectivity index (χ1n) is 5.71. The van der Waals surface area contributed by atoms with E-state index in [0.717, 1.165) is 11.1 Å². The molecule has 0 aliphatic heterocycles. The Morgan fingerprint density at radius 3 is 2.15 bits per heavy atom. The smallest absolute Gasteiger partial charge is 0.258 e. The van der Waals surface area contributed by atoms with Gasteiger partial charge in [-0.1, -0.05) is 5.16 Å². The lowest BCUT2D eigenvalue weighted by Gasteiger charge is -1.95. The first kappa shape index (κ1) is 13.9. The van der Waals surface area contributed by atoms with Crippen LogP contribution < -0.4 is 5.73 Å². The Balaban J connectivity index is 0.00000147. The van der Waals surface area contributed by atoms with E-state index in [-0.39, 0.29) is 18.2 Å². The van der Waals surface area contributed by atoms with Crippen LogP contribution in [0.5, 0.6) is 5.75 Å². The molecule has 0 unspecified atom stereocenters. The van der Waals surface area contributed by atoms with Crippen molar-refractivity contribution in [2.75, 3.05) is 5.73 Å². The van der Waals surface area contributed by atoms with Crippen LogP contribution in [0, 0.1) is 0 Å². The SMILES string of the molecule is Cl.Nc1ccc(-c2noc(-c3ccc(O)cc3)n2)cc1. The molecule has 0 atom stereocenters. The predicted molar refractivity (Wildman–Crippen MR) is 78.5 cm³/mol. The van der Waals surface area contributed by atoms with Crippen molar-refractivity contribution in [3.05, 3.63) is 48.5 Å². The lowest BCUT2D eigenvalue weighted by atomic mass is 10.2. The van der Waals surface area contributed by atoms with Crippen molar-refractivity contribution < 1.29 is 9.63 Å². The van der Waals surface area contributed by atoms with Gasteiger partial charge in [0.1, 0.15) is 5.75 Å². The summed E-state index contributed by atoms with van der Waals surface area (Å²) in [5, 5.41) is 13.2. The lowest BCUT2D eigenvalue weighted by Crippen LogP contribution is -1.85. The zero-order valence-electron chi connectivity index (χ0n) is 10.4. The van der Waals surface area contributed by atoms with Crippen LogP contribution in [0.3, 0.4) is 0 Å². The first-order chi connectivity index (χ1) is 9.22. The normalized spacial score (nSPS) is 10.0. The minimum Gasteiger partial charge on any atom is -0.508 e. The molecule has 3 N–H and O–H groups in total. The topological polar surface area (TPSA) is 85.2 Å². The van der Waals surface area contributed by atoms with E-state index in [0.29, 0.717) is 17.4 Å². The summed E-state index contributed by atoms with van der Waals surface area (Å²) in [4.78, 5) is 4.31. The predicted octanol–water partition coefficient (Wildman–Crippen LogP) is 3.11. The van der Waals surface area contributed by atoms with Crippen LogP contribution in [0.1, 0.15) is 0 Å². The second-order valence-electron chi connectivity index (χ2n) is 4.09. The van der Waals surface area contributed by atoms with E-state index in [9.17, 15) is 5.11 Å². The quantitative estimate of drug-likeness (QED) is 0.708. The van der Waals surface area contributed by atoms with Crippen LogP contribution in [-0.2, 0) is 0 Å². The van der Waals surface area contributed by atoms with Crippen molar-refractivity contribution >= 4 is 18.1 Å². The number of phenols is 1. The molecule has 0 spiro atoms. The molecule has 1 heterocycles. The van der Waals surface area contributed by atoms with Gasteiger partial charge in [-0.3, -0.25) is 0 Å².